The van der Waals surface area contributed by atoms with Gasteiger partial charge in [-0.15, -0.1) is 0 Å². The maximum absolute atomic E-state index is 9.46. The van der Waals surface area contributed by atoms with E-state index in [0.717, 1.165) is 0 Å². The van der Waals surface area contributed by atoms with E-state index in [-0.39, 0.29) is 12.1 Å². The first-order valence-electron chi connectivity index (χ1n) is 5.87. The molecule has 0 amide bonds. The van der Waals surface area contributed by atoms with E-state index < -0.39 is 0 Å². The van der Waals surface area contributed by atoms with Crippen LogP contribution in [0.5, 0.6) is 5.88 Å². The summed E-state index contributed by atoms with van der Waals surface area (Å²) in [4.78, 5) is 12.3. The molecule has 1 unspecified atom stereocenters. The quantitative estimate of drug-likeness (QED) is 0.792. The van der Waals surface area contributed by atoms with Crippen LogP contribution >= 0.6 is 0 Å². The van der Waals surface area contributed by atoms with Crippen LogP contribution < -0.4 is 10.1 Å². The van der Waals surface area contributed by atoms with Gasteiger partial charge in [-0.2, -0.15) is 4.98 Å². The average molecular weight is 263 g/mol. The van der Waals surface area contributed by atoms with Crippen molar-refractivity contribution in [3.8, 4) is 17.4 Å². The van der Waals surface area contributed by atoms with Crippen molar-refractivity contribution in [2.45, 2.75) is 18.6 Å². The molecule has 19 heavy (non-hydrogen) atoms. The number of β-amino-alcohol motifs (C(OH)–C–C–N with tert-alkyl or cyclic N) is 1. The zero-order valence-electron chi connectivity index (χ0n) is 10.3. The lowest BCUT2D eigenvalue weighted by Crippen LogP contribution is -2.15. The van der Waals surface area contributed by atoms with Crippen molar-refractivity contribution < 1.29 is 14.4 Å². The summed E-state index contributed by atoms with van der Waals surface area (Å²) >= 11 is 0. The van der Waals surface area contributed by atoms with Crippen LogP contribution in [0.3, 0.4) is 0 Å². The summed E-state index contributed by atoms with van der Waals surface area (Å²) in [6.07, 6.45) is 1.57. The van der Waals surface area contributed by atoms with E-state index in [2.05, 4.69) is 25.4 Å². The smallest absolute Gasteiger partial charge is 0.244 e. The summed E-state index contributed by atoms with van der Waals surface area (Å²) in [5, 5.41) is 16.4. The standard InChI is InChI=1S/C11H13N5O3/c1-18-9-3-7(13-5-14-9)10-15-11(19-16-10)8-2-6(17)4-12-8/h3,5-6,8,12,17H,2,4H2,1H3/t6?,8-/m0/s1. The Morgan fingerprint density at radius 1 is 1.47 bits per heavy atom. The molecule has 100 valence electrons. The van der Waals surface area contributed by atoms with Crippen molar-refractivity contribution in [1.29, 1.82) is 0 Å². The van der Waals surface area contributed by atoms with Crippen LogP contribution in [0.4, 0.5) is 0 Å². The number of methoxy groups -OCH3 is 1. The first-order valence-corrected chi connectivity index (χ1v) is 5.87. The molecule has 2 N–H and O–H groups in total. The van der Waals surface area contributed by atoms with Gasteiger partial charge in [-0.05, 0) is 6.42 Å². The lowest BCUT2D eigenvalue weighted by atomic mass is 10.2. The Hall–Kier alpha value is -2.06. The van der Waals surface area contributed by atoms with Gasteiger partial charge in [0.05, 0.1) is 19.3 Å². The predicted octanol–water partition coefficient (Wildman–Crippen LogP) is -0.0695. The molecule has 0 saturated carbocycles. The molecule has 2 aromatic rings. The summed E-state index contributed by atoms with van der Waals surface area (Å²) in [5.74, 6) is 1.26. The molecular weight excluding hydrogens is 250 g/mol. The van der Waals surface area contributed by atoms with E-state index in [9.17, 15) is 5.11 Å². The second kappa shape index (κ2) is 4.90. The molecule has 0 radical (unpaired) electrons. The molecule has 0 aliphatic carbocycles. The van der Waals surface area contributed by atoms with Crippen LogP contribution in [-0.2, 0) is 0 Å². The lowest BCUT2D eigenvalue weighted by Gasteiger charge is -2.01. The number of hydrogen-bond acceptors (Lipinski definition) is 8. The lowest BCUT2D eigenvalue weighted by molar-refractivity contribution is 0.191. The number of nitrogens with zero attached hydrogens (tertiary/aromatic N) is 4. The third kappa shape index (κ3) is 2.40. The van der Waals surface area contributed by atoms with E-state index in [1.54, 1.807) is 6.07 Å². The second-order valence-electron chi connectivity index (χ2n) is 4.25. The second-order valence-corrected chi connectivity index (χ2v) is 4.25. The van der Waals surface area contributed by atoms with Gasteiger partial charge in [0.25, 0.3) is 0 Å². The molecule has 8 nitrogen and oxygen atoms in total. The van der Waals surface area contributed by atoms with Gasteiger partial charge in [0.2, 0.25) is 17.6 Å². The van der Waals surface area contributed by atoms with E-state index >= 15 is 0 Å². The van der Waals surface area contributed by atoms with Gasteiger partial charge in [0, 0.05) is 12.6 Å². The van der Waals surface area contributed by atoms with Gasteiger partial charge in [-0.1, -0.05) is 5.16 Å². The summed E-state index contributed by atoms with van der Waals surface area (Å²) in [6, 6.07) is 1.52. The Morgan fingerprint density at radius 2 is 2.37 bits per heavy atom. The highest BCUT2D eigenvalue weighted by Gasteiger charge is 2.28. The molecule has 1 saturated heterocycles. The molecule has 8 heteroatoms. The zero-order valence-corrected chi connectivity index (χ0v) is 10.3. The fourth-order valence-corrected chi connectivity index (χ4v) is 1.96. The molecule has 1 fully saturated rings. The number of nitrogens with one attached hydrogen (secondary N) is 1. The Balaban J connectivity index is 1.84. The van der Waals surface area contributed by atoms with E-state index in [0.29, 0.717) is 36.3 Å². The number of hydrogen-bond donors (Lipinski definition) is 2. The van der Waals surface area contributed by atoms with E-state index in [1.807, 2.05) is 0 Å². The molecule has 0 aromatic carbocycles. The van der Waals surface area contributed by atoms with Gasteiger partial charge >= 0.3 is 0 Å². The van der Waals surface area contributed by atoms with Gasteiger partial charge in [-0.3, -0.25) is 0 Å². The number of aromatic nitrogens is 4. The fraction of sp³-hybridized carbons (Fsp3) is 0.455. The minimum Gasteiger partial charge on any atom is -0.481 e. The average Bonchev–Trinajstić information content (AvgIpc) is 3.07. The molecule has 0 spiro atoms. The largest absolute Gasteiger partial charge is 0.481 e. The molecule has 3 heterocycles. The van der Waals surface area contributed by atoms with Crippen LogP contribution in [0.25, 0.3) is 11.5 Å². The van der Waals surface area contributed by atoms with Gasteiger partial charge in [-0.25, -0.2) is 9.97 Å². The summed E-state index contributed by atoms with van der Waals surface area (Å²) in [6.45, 7) is 0.531. The van der Waals surface area contributed by atoms with Crippen molar-refractivity contribution in [2.24, 2.45) is 0 Å². The number of rotatable bonds is 3. The van der Waals surface area contributed by atoms with E-state index in [4.69, 9.17) is 9.26 Å². The normalized spacial score (nSPS) is 22.6. The Bertz CT molecular complexity index is 573. The molecule has 0 bridgehead atoms. The minimum absolute atomic E-state index is 0.111. The van der Waals surface area contributed by atoms with Crippen molar-refractivity contribution in [2.75, 3.05) is 13.7 Å². The number of aliphatic hydroxyl groups excluding tert-OH is 1. The van der Waals surface area contributed by atoms with Crippen molar-refractivity contribution >= 4 is 0 Å². The monoisotopic (exact) mass is 263 g/mol. The van der Waals surface area contributed by atoms with Crippen molar-refractivity contribution in [1.82, 2.24) is 25.4 Å². The summed E-state index contributed by atoms with van der Waals surface area (Å²) in [5.41, 5.74) is 0.528. The topological polar surface area (TPSA) is 106 Å². The highest BCUT2D eigenvalue weighted by atomic mass is 16.5. The van der Waals surface area contributed by atoms with Crippen molar-refractivity contribution in [3.05, 3.63) is 18.3 Å². The van der Waals surface area contributed by atoms with Crippen LogP contribution in [0.1, 0.15) is 18.4 Å². The molecule has 1 aliphatic rings. The highest BCUT2D eigenvalue weighted by molar-refractivity contribution is 5.49. The SMILES string of the molecule is COc1cc(-c2noc([C@@H]3CC(O)CN3)n2)ncn1. The van der Waals surface area contributed by atoms with Crippen LogP contribution in [0, 0.1) is 0 Å². The number of ether oxygens (including phenoxy) is 1. The van der Waals surface area contributed by atoms with Gasteiger partial charge < -0.3 is 19.7 Å². The third-order valence-electron chi connectivity index (χ3n) is 2.93. The molecular formula is C11H13N5O3. The number of aliphatic hydroxyl groups is 1. The molecule has 1 aliphatic heterocycles. The first kappa shape index (κ1) is 12.0. The molecule has 3 rings (SSSR count). The van der Waals surface area contributed by atoms with Gasteiger partial charge in [0.15, 0.2) is 0 Å². The summed E-state index contributed by atoms with van der Waals surface area (Å²) < 4.78 is 10.2. The van der Waals surface area contributed by atoms with Crippen LogP contribution in [0.2, 0.25) is 0 Å². The molecule has 2 atom stereocenters. The Morgan fingerprint density at radius 3 is 3.11 bits per heavy atom. The molecule has 2 aromatic heterocycles. The Labute approximate surface area is 108 Å². The minimum atomic E-state index is -0.375. The van der Waals surface area contributed by atoms with Crippen molar-refractivity contribution in [3.63, 3.8) is 0 Å². The highest BCUT2D eigenvalue weighted by Crippen LogP contribution is 2.24. The first-order chi connectivity index (χ1) is 9.26. The van der Waals surface area contributed by atoms with E-state index in [1.165, 1.54) is 13.4 Å². The third-order valence-corrected chi connectivity index (χ3v) is 2.93. The maximum atomic E-state index is 9.46. The maximum Gasteiger partial charge on any atom is 0.244 e. The van der Waals surface area contributed by atoms with Crippen LogP contribution in [-0.4, -0.2) is 45.0 Å². The Kier molecular flexibility index (Phi) is 3.10. The zero-order chi connectivity index (χ0) is 13.2. The predicted molar refractivity (Wildman–Crippen MR) is 63.2 cm³/mol. The van der Waals surface area contributed by atoms with Crippen LogP contribution in [0.15, 0.2) is 16.9 Å². The van der Waals surface area contributed by atoms with Gasteiger partial charge in [0.1, 0.15) is 12.0 Å². The summed E-state index contributed by atoms with van der Waals surface area (Å²) in [7, 11) is 1.53. The fourth-order valence-electron chi connectivity index (χ4n) is 1.96.